The minimum absolute atomic E-state index is 0.793. The lowest BCUT2D eigenvalue weighted by Gasteiger charge is -2.08. The van der Waals surface area contributed by atoms with Gasteiger partial charge in [-0.3, -0.25) is 4.98 Å². The second-order valence-electron chi connectivity index (χ2n) is 8.41. The SMILES string of the molecule is CCCCCOc1ccc(-c2ccc(CCc3ccc(CCCCC)cc3)cn2)cc1. The van der Waals surface area contributed by atoms with Gasteiger partial charge in [-0.1, -0.05) is 69.9 Å². The molecule has 2 aromatic carbocycles. The topological polar surface area (TPSA) is 22.1 Å². The van der Waals surface area contributed by atoms with Gasteiger partial charge in [-0.25, -0.2) is 0 Å². The number of hydrogen-bond acceptors (Lipinski definition) is 2. The standard InChI is InChI=1S/C29H37NO/c1-3-5-7-9-24-10-12-25(13-11-24)14-15-26-16-21-29(30-23-26)27-17-19-28(20-18-27)31-22-8-6-4-2/h10-13,16-21,23H,3-9,14-15,22H2,1-2H3. The summed E-state index contributed by atoms with van der Waals surface area (Å²) in [6, 6.07) is 21.8. The van der Waals surface area contributed by atoms with E-state index in [1.165, 1.54) is 55.2 Å². The molecule has 3 rings (SSSR count). The van der Waals surface area contributed by atoms with Crippen LogP contribution in [0.2, 0.25) is 0 Å². The average Bonchev–Trinajstić information content (AvgIpc) is 2.82. The highest BCUT2D eigenvalue weighted by atomic mass is 16.5. The summed E-state index contributed by atoms with van der Waals surface area (Å²) in [5, 5.41) is 0. The lowest BCUT2D eigenvalue weighted by molar-refractivity contribution is 0.306. The molecular formula is C29H37NO. The van der Waals surface area contributed by atoms with Crippen LogP contribution in [-0.2, 0) is 19.3 Å². The first-order valence-corrected chi connectivity index (χ1v) is 12.0. The molecule has 164 valence electrons. The molecule has 0 atom stereocenters. The fraction of sp³-hybridized carbons (Fsp3) is 0.414. The second kappa shape index (κ2) is 12.9. The maximum Gasteiger partial charge on any atom is 0.119 e. The van der Waals surface area contributed by atoms with Crippen molar-refractivity contribution in [1.82, 2.24) is 4.98 Å². The molecule has 0 aliphatic carbocycles. The minimum atomic E-state index is 0.793. The Labute approximate surface area is 188 Å². The molecule has 31 heavy (non-hydrogen) atoms. The summed E-state index contributed by atoms with van der Waals surface area (Å²) in [6.45, 7) is 5.26. The Morgan fingerprint density at radius 3 is 1.87 bits per heavy atom. The van der Waals surface area contributed by atoms with Crippen LogP contribution in [0.15, 0.2) is 66.9 Å². The number of nitrogens with zero attached hydrogens (tertiary/aromatic N) is 1. The van der Waals surface area contributed by atoms with Gasteiger partial charge in [0.2, 0.25) is 0 Å². The van der Waals surface area contributed by atoms with Gasteiger partial charge in [0.15, 0.2) is 0 Å². The third-order valence-electron chi connectivity index (χ3n) is 5.79. The highest BCUT2D eigenvalue weighted by Gasteiger charge is 2.03. The number of benzene rings is 2. The van der Waals surface area contributed by atoms with Crippen LogP contribution >= 0.6 is 0 Å². The molecule has 0 saturated heterocycles. The maximum absolute atomic E-state index is 5.80. The van der Waals surface area contributed by atoms with Crippen LogP contribution in [-0.4, -0.2) is 11.6 Å². The fourth-order valence-corrected chi connectivity index (χ4v) is 3.75. The Kier molecular flexibility index (Phi) is 9.63. The zero-order valence-corrected chi connectivity index (χ0v) is 19.3. The first-order valence-electron chi connectivity index (χ1n) is 12.0. The highest BCUT2D eigenvalue weighted by molar-refractivity contribution is 5.60. The summed E-state index contributed by atoms with van der Waals surface area (Å²) < 4.78 is 5.80. The van der Waals surface area contributed by atoms with Crippen molar-refractivity contribution in [3.63, 3.8) is 0 Å². The Balaban J connectivity index is 1.47. The molecule has 1 heterocycles. The summed E-state index contributed by atoms with van der Waals surface area (Å²) in [6.07, 6.45) is 12.7. The van der Waals surface area contributed by atoms with Gasteiger partial charge in [0.1, 0.15) is 5.75 Å². The van der Waals surface area contributed by atoms with Crippen molar-refractivity contribution in [1.29, 1.82) is 0 Å². The first-order chi connectivity index (χ1) is 15.3. The summed E-state index contributed by atoms with van der Waals surface area (Å²) in [5.74, 6) is 0.938. The Hall–Kier alpha value is -2.61. The zero-order valence-electron chi connectivity index (χ0n) is 19.3. The lowest BCUT2D eigenvalue weighted by atomic mass is 10.0. The van der Waals surface area contributed by atoms with Gasteiger partial charge in [-0.2, -0.15) is 0 Å². The molecule has 2 heteroatoms. The monoisotopic (exact) mass is 415 g/mol. The van der Waals surface area contributed by atoms with Gasteiger partial charge in [-0.15, -0.1) is 0 Å². The number of hydrogen-bond donors (Lipinski definition) is 0. The Morgan fingerprint density at radius 2 is 1.23 bits per heavy atom. The summed E-state index contributed by atoms with van der Waals surface area (Å²) in [5.41, 5.74) is 6.29. The minimum Gasteiger partial charge on any atom is -0.494 e. The number of aromatic nitrogens is 1. The van der Waals surface area contributed by atoms with Crippen molar-refractivity contribution in [3.8, 4) is 17.0 Å². The van der Waals surface area contributed by atoms with E-state index in [1.54, 1.807) is 0 Å². The Bertz CT molecular complexity index is 866. The second-order valence-corrected chi connectivity index (χ2v) is 8.41. The van der Waals surface area contributed by atoms with E-state index in [1.807, 2.05) is 18.3 Å². The smallest absolute Gasteiger partial charge is 0.119 e. The van der Waals surface area contributed by atoms with Crippen LogP contribution in [0.3, 0.4) is 0 Å². The molecule has 0 bridgehead atoms. The van der Waals surface area contributed by atoms with E-state index in [2.05, 4.69) is 62.4 Å². The molecule has 0 saturated carbocycles. The van der Waals surface area contributed by atoms with E-state index < -0.39 is 0 Å². The van der Waals surface area contributed by atoms with Crippen molar-refractivity contribution in [2.75, 3.05) is 6.61 Å². The number of aryl methyl sites for hydroxylation is 3. The quantitative estimate of drug-likeness (QED) is 0.265. The van der Waals surface area contributed by atoms with E-state index in [0.717, 1.165) is 42.9 Å². The molecule has 0 fully saturated rings. The van der Waals surface area contributed by atoms with Gasteiger partial charge < -0.3 is 4.74 Å². The first kappa shape index (κ1) is 23.1. The van der Waals surface area contributed by atoms with Crippen LogP contribution in [0.25, 0.3) is 11.3 Å². The number of ether oxygens (including phenoxy) is 1. The molecule has 3 aromatic rings. The van der Waals surface area contributed by atoms with Gasteiger partial charge in [-0.05, 0) is 79.1 Å². The molecule has 0 radical (unpaired) electrons. The predicted molar refractivity (Wildman–Crippen MR) is 132 cm³/mol. The maximum atomic E-state index is 5.80. The lowest BCUT2D eigenvalue weighted by Crippen LogP contribution is -1.97. The molecule has 0 aliphatic heterocycles. The van der Waals surface area contributed by atoms with Gasteiger partial charge in [0, 0.05) is 11.8 Å². The van der Waals surface area contributed by atoms with Gasteiger partial charge >= 0.3 is 0 Å². The average molecular weight is 416 g/mol. The summed E-state index contributed by atoms with van der Waals surface area (Å²) in [4.78, 5) is 4.69. The molecule has 0 unspecified atom stereocenters. The Morgan fingerprint density at radius 1 is 0.613 bits per heavy atom. The number of unbranched alkanes of at least 4 members (excludes halogenated alkanes) is 4. The van der Waals surface area contributed by atoms with Crippen molar-refractivity contribution >= 4 is 0 Å². The largest absolute Gasteiger partial charge is 0.494 e. The third-order valence-corrected chi connectivity index (χ3v) is 5.79. The molecule has 0 amide bonds. The van der Waals surface area contributed by atoms with Crippen molar-refractivity contribution in [3.05, 3.63) is 83.6 Å². The number of pyridine rings is 1. The van der Waals surface area contributed by atoms with Crippen LogP contribution in [0.5, 0.6) is 5.75 Å². The van der Waals surface area contributed by atoms with E-state index in [9.17, 15) is 0 Å². The van der Waals surface area contributed by atoms with E-state index in [0.29, 0.717) is 0 Å². The van der Waals surface area contributed by atoms with Crippen molar-refractivity contribution < 1.29 is 4.74 Å². The van der Waals surface area contributed by atoms with Crippen LogP contribution in [0.4, 0.5) is 0 Å². The normalized spacial score (nSPS) is 10.9. The number of rotatable bonds is 13. The highest BCUT2D eigenvalue weighted by Crippen LogP contribution is 2.21. The predicted octanol–water partition coefficient (Wildman–Crippen LogP) is 7.84. The molecule has 2 nitrogen and oxygen atoms in total. The summed E-state index contributed by atoms with van der Waals surface area (Å²) >= 11 is 0. The van der Waals surface area contributed by atoms with Crippen LogP contribution in [0, 0.1) is 0 Å². The molecule has 1 aromatic heterocycles. The van der Waals surface area contributed by atoms with Gasteiger partial charge in [0.25, 0.3) is 0 Å². The van der Waals surface area contributed by atoms with Crippen LogP contribution in [0.1, 0.15) is 69.1 Å². The third kappa shape index (κ3) is 7.86. The molecule has 0 N–H and O–H groups in total. The summed E-state index contributed by atoms with van der Waals surface area (Å²) in [7, 11) is 0. The molecule has 0 aliphatic rings. The van der Waals surface area contributed by atoms with E-state index in [4.69, 9.17) is 9.72 Å². The fourth-order valence-electron chi connectivity index (χ4n) is 3.75. The molecular weight excluding hydrogens is 378 g/mol. The van der Waals surface area contributed by atoms with E-state index in [-0.39, 0.29) is 0 Å². The zero-order chi connectivity index (χ0) is 21.7. The van der Waals surface area contributed by atoms with Crippen LogP contribution < -0.4 is 4.74 Å². The van der Waals surface area contributed by atoms with Crippen molar-refractivity contribution in [2.24, 2.45) is 0 Å². The van der Waals surface area contributed by atoms with E-state index >= 15 is 0 Å². The van der Waals surface area contributed by atoms with Crippen molar-refractivity contribution in [2.45, 2.75) is 71.6 Å². The molecule has 0 spiro atoms. The van der Waals surface area contributed by atoms with Gasteiger partial charge in [0.05, 0.1) is 12.3 Å².